The number of rotatable bonds is 18. The fourth-order valence-corrected chi connectivity index (χ4v) is 3.23. The van der Waals surface area contributed by atoms with Crippen LogP contribution in [-0.4, -0.2) is 67.9 Å². The standard InChI is InChI=1S/C22H40N4O5/c1-15(27)9-11-19(23-4)21(30)25-13-7-6-8-18(14-17(3)29)26-22(31)20(24-5)12-10-16(2)28/h18-20,23-24H,6-14H2,1-5H3,(H,25,30)(H,26,31). The van der Waals surface area contributed by atoms with E-state index < -0.39 is 12.1 Å². The molecule has 178 valence electrons. The van der Waals surface area contributed by atoms with Crippen LogP contribution in [0.2, 0.25) is 0 Å². The Bertz CT molecular complexity index is 609. The Kier molecular flexibility index (Phi) is 15.4. The van der Waals surface area contributed by atoms with E-state index in [1.165, 1.54) is 20.8 Å². The second-order valence-corrected chi connectivity index (χ2v) is 8.06. The zero-order chi connectivity index (χ0) is 23.8. The third kappa shape index (κ3) is 14.5. The molecule has 0 fully saturated rings. The number of nitrogens with one attached hydrogen (secondary N) is 4. The number of unbranched alkanes of at least 4 members (excludes halogenated alkanes) is 1. The van der Waals surface area contributed by atoms with Crippen LogP contribution in [0.25, 0.3) is 0 Å². The van der Waals surface area contributed by atoms with Gasteiger partial charge in [0.25, 0.3) is 0 Å². The Balaban J connectivity index is 4.46. The number of likely N-dealkylation sites (N-methyl/N-ethyl adjacent to an activating group) is 2. The summed E-state index contributed by atoms with van der Waals surface area (Å²) in [5.41, 5.74) is 0. The van der Waals surface area contributed by atoms with Crippen molar-refractivity contribution in [2.75, 3.05) is 20.6 Å². The van der Waals surface area contributed by atoms with E-state index in [9.17, 15) is 24.0 Å². The van der Waals surface area contributed by atoms with Crippen LogP contribution in [0.3, 0.4) is 0 Å². The molecule has 2 amide bonds. The lowest BCUT2D eigenvalue weighted by Crippen LogP contribution is -2.47. The lowest BCUT2D eigenvalue weighted by Gasteiger charge is -2.22. The van der Waals surface area contributed by atoms with Gasteiger partial charge >= 0.3 is 0 Å². The first-order valence-electron chi connectivity index (χ1n) is 11.0. The molecular formula is C22H40N4O5. The summed E-state index contributed by atoms with van der Waals surface area (Å²) in [6.07, 6.45) is 3.83. The summed E-state index contributed by atoms with van der Waals surface area (Å²) in [6.45, 7) is 4.96. The van der Waals surface area contributed by atoms with Gasteiger partial charge < -0.3 is 30.9 Å². The Morgan fingerprint density at radius 3 is 1.65 bits per heavy atom. The minimum absolute atomic E-state index is 0.00863. The van der Waals surface area contributed by atoms with Gasteiger partial charge in [-0.15, -0.1) is 0 Å². The van der Waals surface area contributed by atoms with Gasteiger partial charge in [0.05, 0.1) is 12.1 Å². The maximum absolute atomic E-state index is 12.5. The van der Waals surface area contributed by atoms with E-state index in [0.29, 0.717) is 45.1 Å². The summed E-state index contributed by atoms with van der Waals surface area (Å²) in [7, 11) is 3.36. The van der Waals surface area contributed by atoms with Gasteiger partial charge in [-0.3, -0.25) is 14.4 Å². The van der Waals surface area contributed by atoms with Gasteiger partial charge in [-0.25, -0.2) is 0 Å². The van der Waals surface area contributed by atoms with Gasteiger partial charge in [0.2, 0.25) is 11.8 Å². The monoisotopic (exact) mass is 440 g/mol. The maximum Gasteiger partial charge on any atom is 0.237 e. The van der Waals surface area contributed by atoms with E-state index in [0.717, 1.165) is 6.42 Å². The lowest BCUT2D eigenvalue weighted by atomic mass is 10.0. The van der Waals surface area contributed by atoms with Crippen LogP contribution in [0.5, 0.6) is 0 Å². The van der Waals surface area contributed by atoms with Gasteiger partial charge in [-0.2, -0.15) is 0 Å². The topological polar surface area (TPSA) is 133 Å². The van der Waals surface area contributed by atoms with Gasteiger partial charge in [-0.1, -0.05) is 0 Å². The minimum atomic E-state index is -0.480. The molecule has 9 heteroatoms. The highest BCUT2D eigenvalue weighted by Gasteiger charge is 2.21. The Morgan fingerprint density at radius 2 is 1.19 bits per heavy atom. The molecule has 31 heavy (non-hydrogen) atoms. The number of carbonyl (C=O) groups is 5. The predicted octanol–water partition coefficient (Wildman–Crippen LogP) is 0.651. The van der Waals surface area contributed by atoms with E-state index in [-0.39, 0.29) is 41.6 Å². The zero-order valence-corrected chi connectivity index (χ0v) is 19.6. The number of hydrogen-bond donors (Lipinski definition) is 4. The van der Waals surface area contributed by atoms with Crippen molar-refractivity contribution >= 4 is 29.2 Å². The van der Waals surface area contributed by atoms with Gasteiger partial charge in [0.1, 0.15) is 17.3 Å². The molecule has 0 aliphatic carbocycles. The summed E-state index contributed by atoms with van der Waals surface area (Å²) in [6, 6.07) is -1.16. The highest BCUT2D eigenvalue weighted by molar-refractivity contribution is 5.84. The molecule has 0 saturated carbocycles. The van der Waals surface area contributed by atoms with E-state index in [2.05, 4.69) is 21.3 Å². The molecule has 0 aromatic carbocycles. The fraction of sp³-hybridized carbons (Fsp3) is 0.773. The van der Waals surface area contributed by atoms with Crippen LogP contribution >= 0.6 is 0 Å². The fourth-order valence-electron chi connectivity index (χ4n) is 3.23. The van der Waals surface area contributed by atoms with Crippen molar-refractivity contribution in [2.24, 2.45) is 0 Å². The smallest absolute Gasteiger partial charge is 0.237 e. The predicted molar refractivity (Wildman–Crippen MR) is 120 cm³/mol. The molecule has 0 aromatic rings. The molecular weight excluding hydrogens is 400 g/mol. The molecule has 0 spiro atoms. The molecule has 3 unspecified atom stereocenters. The number of Topliss-reactive ketones (excluding diaryl/α,β-unsaturated/α-hetero) is 3. The third-order valence-electron chi connectivity index (χ3n) is 5.06. The molecule has 4 N–H and O–H groups in total. The van der Waals surface area contributed by atoms with Crippen LogP contribution in [0.1, 0.15) is 72.1 Å². The third-order valence-corrected chi connectivity index (χ3v) is 5.06. The van der Waals surface area contributed by atoms with Crippen LogP contribution in [0.15, 0.2) is 0 Å². The molecule has 0 rings (SSSR count). The van der Waals surface area contributed by atoms with Crippen LogP contribution in [0.4, 0.5) is 0 Å². The highest BCUT2D eigenvalue weighted by Crippen LogP contribution is 2.08. The average molecular weight is 441 g/mol. The van der Waals surface area contributed by atoms with Crippen molar-refractivity contribution in [3.05, 3.63) is 0 Å². The SMILES string of the molecule is CNC(CCC(C)=O)C(=O)NCCCCC(CC(C)=O)NC(=O)C(CCC(C)=O)NC. The van der Waals surface area contributed by atoms with Gasteiger partial charge in [-0.05, 0) is 67.0 Å². The normalized spacial score (nSPS) is 13.7. The first kappa shape index (κ1) is 28.9. The average Bonchev–Trinajstić information content (AvgIpc) is 2.67. The molecule has 0 radical (unpaired) electrons. The van der Waals surface area contributed by atoms with E-state index in [1.807, 2.05) is 0 Å². The summed E-state index contributed by atoms with van der Waals surface area (Å²) >= 11 is 0. The number of carbonyl (C=O) groups excluding carboxylic acids is 5. The first-order valence-corrected chi connectivity index (χ1v) is 11.0. The Hall–Kier alpha value is -2.13. The molecule has 0 aromatic heterocycles. The number of amides is 2. The van der Waals surface area contributed by atoms with Crippen molar-refractivity contribution in [3.8, 4) is 0 Å². The second-order valence-electron chi connectivity index (χ2n) is 8.06. The molecule has 0 bridgehead atoms. The molecule has 3 atom stereocenters. The quantitative estimate of drug-likeness (QED) is 0.230. The van der Waals surface area contributed by atoms with Crippen molar-refractivity contribution in [2.45, 2.75) is 90.3 Å². The van der Waals surface area contributed by atoms with Crippen LogP contribution < -0.4 is 21.3 Å². The van der Waals surface area contributed by atoms with Crippen molar-refractivity contribution < 1.29 is 24.0 Å². The first-order chi connectivity index (χ1) is 14.6. The van der Waals surface area contributed by atoms with Gasteiger partial charge in [0.15, 0.2) is 0 Å². The largest absolute Gasteiger partial charge is 0.355 e. The van der Waals surface area contributed by atoms with Crippen LogP contribution in [-0.2, 0) is 24.0 Å². The molecule has 9 nitrogen and oxygen atoms in total. The van der Waals surface area contributed by atoms with E-state index in [4.69, 9.17) is 0 Å². The summed E-state index contributed by atoms with van der Waals surface area (Å²) in [5.74, 6) is -0.290. The maximum atomic E-state index is 12.5. The summed E-state index contributed by atoms with van der Waals surface area (Å²) in [4.78, 5) is 58.5. The van der Waals surface area contributed by atoms with Crippen molar-refractivity contribution in [1.29, 1.82) is 0 Å². The molecule has 0 saturated heterocycles. The molecule has 0 aliphatic rings. The van der Waals surface area contributed by atoms with Crippen molar-refractivity contribution in [1.82, 2.24) is 21.3 Å². The minimum Gasteiger partial charge on any atom is -0.355 e. The summed E-state index contributed by atoms with van der Waals surface area (Å²) < 4.78 is 0. The van der Waals surface area contributed by atoms with E-state index >= 15 is 0 Å². The van der Waals surface area contributed by atoms with Crippen molar-refractivity contribution in [3.63, 3.8) is 0 Å². The Morgan fingerprint density at radius 1 is 0.677 bits per heavy atom. The summed E-state index contributed by atoms with van der Waals surface area (Å²) in [5, 5.41) is 11.6. The van der Waals surface area contributed by atoms with Crippen LogP contribution in [0, 0.1) is 0 Å². The lowest BCUT2D eigenvalue weighted by molar-refractivity contribution is -0.125. The van der Waals surface area contributed by atoms with E-state index in [1.54, 1.807) is 14.1 Å². The zero-order valence-electron chi connectivity index (χ0n) is 19.6. The number of hydrogen-bond acceptors (Lipinski definition) is 7. The Labute approximate surface area is 185 Å². The molecule has 0 aliphatic heterocycles. The van der Waals surface area contributed by atoms with Gasteiger partial charge in [0, 0.05) is 31.8 Å². The second kappa shape index (κ2) is 16.5. The number of ketones is 3. The highest BCUT2D eigenvalue weighted by atomic mass is 16.2. The molecule has 0 heterocycles.